The highest BCUT2D eigenvalue weighted by Crippen LogP contribution is 2.31. The summed E-state index contributed by atoms with van der Waals surface area (Å²) in [5.74, 6) is 0.0715. The van der Waals surface area contributed by atoms with E-state index in [1.54, 1.807) is 0 Å². The molecule has 0 saturated carbocycles. The van der Waals surface area contributed by atoms with Gasteiger partial charge in [0.25, 0.3) is 5.89 Å². The lowest BCUT2D eigenvalue weighted by atomic mass is 10.2. The van der Waals surface area contributed by atoms with Gasteiger partial charge < -0.3 is 9.26 Å². The van der Waals surface area contributed by atoms with Crippen molar-refractivity contribution < 1.29 is 14.1 Å². The zero-order valence-electron chi connectivity index (χ0n) is 11.1. The lowest BCUT2D eigenvalue weighted by Crippen LogP contribution is -2.09. The van der Waals surface area contributed by atoms with Crippen LogP contribution in [0.5, 0.6) is 0 Å². The van der Waals surface area contributed by atoms with Crippen molar-refractivity contribution in [2.75, 3.05) is 0 Å². The minimum absolute atomic E-state index is 0.0418. The molecule has 112 valence electrons. The van der Waals surface area contributed by atoms with Crippen LogP contribution in [-0.2, 0) is 11.3 Å². The third-order valence-corrected chi connectivity index (χ3v) is 3.68. The second-order valence-corrected chi connectivity index (χ2v) is 5.52. The summed E-state index contributed by atoms with van der Waals surface area (Å²) in [7, 11) is 0. The number of esters is 1. The molecule has 0 saturated heterocycles. The monoisotopic (exact) mass is 349 g/mol. The smallest absolute Gasteiger partial charge is 0.359 e. The highest BCUT2D eigenvalue weighted by Gasteiger charge is 2.19. The van der Waals surface area contributed by atoms with E-state index in [0.717, 1.165) is 0 Å². The molecule has 2 aromatic heterocycles. The molecule has 0 spiro atoms. The quantitative estimate of drug-likeness (QED) is 0.778. The fourth-order valence-electron chi connectivity index (χ4n) is 1.34. The average Bonchev–Trinajstić information content (AvgIpc) is 2.91. The maximum absolute atomic E-state index is 11.9. The Morgan fingerprint density at radius 1 is 1.33 bits per heavy atom. The molecule has 0 amide bonds. The van der Waals surface area contributed by atoms with Crippen molar-refractivity contribution in [2.45, 2.75) is 26.4 Å². The molecule has 2 aromatic rings. The van der Waals surface area contributed by atoms with Crippen LogP contribution in [-0.4, -0.2) is 21.1 Å². The molecule has 0 fully saturated rings. The van der Waals surface area contributed by atoms with Crippen molar-refractivity contribution in [1.29, 1.82) is 0 Å². The normalized spacial score (nSPS) is 11.0. The first kappa shape index (κ1) is 16.0. The molecule has 0 N–H and O–H groups in total. The van der Waals surface area contributed by atoms with Gasteiger partial charge in [0.15, 0.2) is 18.1 Å². The predicted molar refractivity (Wildman–Crippen MR) is 76.8 cm³/mol. The van der Waals surface area contributed by atoms with E-state index < -0.39 is 5.97 Å². The van der Waals surface area contributed by atoms with Crippen molar-refractivity contribution in [3.05, 3.63) is 38.7 Å². The zero-order chi connectivity index (χ0) is 15.6. The number of hydrogen-bond donors (Lipinski definition) is 0. The maximum Gasteiger partial charge on any atom is 0.359 e. The Morgan fingerprint density at radius 3 is 2.67 bits per heavy atom. The average molecular weight is 351 g/mol. The van der Waals surface area contributed by atoms with Gasteiger partial charge in [-0.2, -0.15) is 4.98 Å². The summed E-state index contributed by atoms with van der Waals surface area (Å²) >= 11 is 17.5. The Labute approximate surface area is 135 Å². The molecule has 9 heteroatoms. The number of hydrogen-bond acceptors (Lipinski definition) is 6. The molecule has 0 aliphatic carbocycles. The summed E-state index contributed by atoms with van der Waals surface area (Å²) in [5.41, 5.74) is -0.130. The highest BCUT2D eigenvalue weighted by molar-refractivity contribution is 6.48. The van der Waals surface area contributed by atoms with Crippen molar-refractivity contribution in [3.63, 3.8) is 0 Å². The van der Waals surface area contributed by atoms with E-state index in [-0.39, 0.29) is 39.2 Å². The molecule has 0 aliphatic heterocycles. The number of pyridine rings is 1. The molecule has 0 unspecified atom stereocenters. The fourth-order valence-corrected chi connectivity index (χ4v) is 1.90. The van der Waals surface area contributed by atoms with Gasteiger partial charge in [-0.1, -0.05) is 53.8 Å². The number of carbonyl (C=O) groups is 1. The van der Waals surface area contributed by atoms with Crippen molar-refractivity contribution in [2.24, 2.45) is 0 Å². The van der Waals surface area contributed by atoms with Crippen LogP contribution in [0, 0.1) is 0 Å². The van der Waals surface area contributed by atoms with Crippen LogP contribution >= 0.6 is 34.8 Å². The summed E-state index contributed by atoms with van der Waals surface area (Å²) in [5, 5.41) is 3.88. The van der Waals surface area contributed by atoms with Gasteiger partial charge in [0.2, 0.25) is 0 Å². The van der Waals surface area contributed by atoms with E-state index in [1.165, 1.54) is 6.20 Å². The Balaban J connectivity index is 2.06. The van der Waals surface area contributed by atoms with Crippen LogP contribution in [0.3, 0.4) is 0 Å². The Kier molecular flexibility index (Phi) is 5.03. The number of rotatable bonds is 4. The van der Waals surface area contributed by atoms with E-state index in [9.17, 15) is 4.79 Å². The molecule has 0 radical (unpaired) electrons. The van der Waals surface area contributed by atoms with Crippen LogP contribution in [0.15, 0.2) is 10.7 Å². The van der Waals surface area contributed by atoms with Crippen molar-refractivity contribution in [1.82, 2.24) is 15.1 Å². The van der Waals surface area contributed by atoms with Crippen LogP contribution in [0.1, 0.15) is 42.0 Å². The molecule has 2 rings (SSSR count). The number of carbonyl (C=O) groups excluding carboxylic acids is 1. The van der Waals surface area contributed by atoms with Gasteiger partial charge >= 0.3 is 5.97 Å². The fraction of sp³-hybridized carbons (Fsp3) is 0.333. The first-order valence-corrected chi connectivity index (χ1v) is 7.02. The van der Waals surface area contributed by atoms with Crippen molar-refractivity contribution >= 4 is 40.8 Å². The van der Waals surface area contributed by atoms with Gasteiger partial charge in [0, 0.05) is 12.1 Å². The number of aromatic nitrogens is 3. The minimum Gasteiger partial charge on any atom is -0.451 e. The highest BCUT2D eigenvalue weighted by atomic mass is 35.5. The minimum atomic E-state index is -0.761. The molecular formula is C12H10Cl3N3O3. The summed E-state index contributed by atoms with van der Waals surface area (Å²) in [6, 6.07) is 0. The number of ether oxygens (including phenoxy) is 1. The zero-order valence-corrected chi connectivity index (χ0v) is 13.3. The van der Waals surface area contributed by atoms with Crippen LogP contribution in [0.4, 0.5) is 0 Å². The molecule has 0 aromatic carbocycles. The van der Waals surface area contributed by atoms with Crippen LogP contribution in [0.2, 0.25) is 15.1 Å². The first-order chi connectivity index (χ1) is 9.90. The molecule has 21 heavy (non-hydrogen) atoms. The Bertz CT molecular complexity index is 673. The first-order valence-electron chi connectivity index (χ1n) is 5.89. The van der Waals surface area contributed by atoms with E-state index >= 15 is 0 Å². The van der Waals surface area contributed by atoms with Gasteiger partial charge in [-0.15, -0.1) is 0 Å². The lowest BCUT2D eigenvalue weighted by Gasteiger charge is -2.05. The third kappa shape index (κ3) is 3.64. The number of halogens is 3. The molecule has 0 aliphatic rings. The van der Waals surface area contributed by atoms with Gasteiger partial charge in [0.1, 0.15) is 0 Å². The van der Waals surface area contributed by atoms with E-state index in [4.69, 9.17) is 44.1 Å². The van der Waals surface area contributed by atoms with Crippen LogP contribution < -0.4 is 0 Å². The molecular weight excluding hydrogens is 341 g/mol. The van der Waals surface area contributed by atoms with Crippen molar-refractivity contribution in [3.8, 4) is 0 Å². The Morgan fingerprint density at radius 2 is 2.05 bits per heavy atom. The van der Waals surface area contributed by atoms with Gasteiger partial charge in [-0.05, 0) is 0 Å². The molecule has 0 atom stereocenters. The lowest BCUT2D eigenvalue weighted by molar-refractivity contribution is 0.0423. The van der Waals surface area contributed by atoms with E-state index in [1.807, 2.05) is 13.8 Å². The van der Waals surface area contributed by atoms with Gasteiger partial charge in [0.05, 0.1) is 15.1 Å². The number of nitrogens with zero attached hydrogens (tertiary/aromatic N) is 3. The summed E-state index contributed by atoms with van der Waals surface area (Å²) in [6.45, 7) is 3.65. The SMILES string of the molecule is CC(C)c1noc(COC(=O)c2ncc(Cl)c(Cl)c2Cl)n1. The van der Waals surface area contributed by atoms with Gasteiger partial charge in [-0.3, -0.25) is 0 Å². The Hall–Kier alpha value is -1.37. The summed E-state index contributed by atoms with van der Waals surface area (Å²) in [6.07, 6.45) is 1.22. The predicted octanol–water partition coefficient (Wildman–Crippen LogP) is 3.91. The second-order valence-electron chi connectivity index (χ2n) is 4.36. The van der Waals surface area contributed by atoms with Crippen LogP contribution in [0.25, 0.3) is 0 Å². The van der Waals surface area contributed by atoms with Gasteiger partial charge in [-0.25, -0.2) is 9.78 Å². The topological polar surface area (TPSA) is 78.1 Å². The maximum atomic E-state index is 11.9. The summed E-state index contributed by atoms with van der Waals surface area (Å²) < 4.78 is 9.95. The molecule has 2 heterocycles. The molecule has 0 bridgehead atoms. The second kappa shape index (κ2) is 6.60. The summed E-state index contributed by atoms with van der Waals surface area (Å²) in [4.78, 5) is 19.8. The largest absolute Gasteiger partial charge is 0.451 e. The standard InChI is InChI=1S/C12H10Cl3N3O3/c1-5(2)11-17-7(21-18-11)4-20-12(19)10-9(15)8(14)6(13)3-16-10/h3,5H,4H2,1-2H3. The van der Waals surface area contributed by atoms with E-state index in [2.05, 4.69) is 15.1 Å². The third-order valence-electron chi connectivity index (χ3n) is 2.44. The molecule has 6 nitrogen and oxygen atoms in total. The van der Waals surface area contributed by atoms with E-state index in [0.29, 0.717) is 5.82 Å².